The van der Waals surface area contributed by atoms with Crippen molar-refractivity contribution in [1.82, 2.24) is 14.8 Å². The fourth-order valence-electron chi connectivity index (χ4n) is 4.51. The maximum Gasteiger partial charge on any atom is 0.220 e. The van der Waals surface area contributed by atoms with E-state index in [2.05, 4.69) is 108 Å². The van der Waals surface area contributed by atoms with Crippen LogP contribution in [0, 0.1) is 6.92 Å². The largest absolute Gasteiger partial charge is 0.356 e. The number of nitrogens with one attached hydrogen (secondary N) is 1. The Hall–Kier alpha value is -3.37. The Kier molecular flexibility index (Phi) is 8.16. The van der Waals surface area contributed by atoms with Gasteiger partial charge in [-0.05, 0) is 61.7 Å². The summed E-state index contributed by atoms with van der Waals surface area (Å²) in [5.41, 5.74) is 6.40. The second-order valence-electron chi connectivity index (χ2n) is 9.15. The van der Waals surface area contributed by atoms with Crippen LogP contribution in [0.2, 0.25) is 0 Å². The van der Waals surface area contributed by atoms with Gasteiger partial charge in [0.25, 0.3) is 0 Å². The Morgan fingerprint density at radius 3 is 2.47 bits per heavy atom. The van der Waals surface area contributed by atoms with Crippen LogP contribution >= 0.6 is 0 Å². The maximum atomic E-state index is 12.5. The van der Waals surface area contributed by atoms with Crippen LogP contribution in [0.25, 0.3) is 10.9 Å². The molecule has 0 atom stereocenters. The van der Waals surface area contributed by atoms with Crippen molar-refractivity contribution in [2.24, 2.45) is 0 Å². The smallest absolute Gasteiger partial charge is 0.220 e. The van der Waals surface area contributed by atoms with Gasteiger partial charge >= 0.3 is 0 Å². The Morgan fingerprint density at radius 1 is 0.912 bits per heavy atom. The molecule has 4 rings (SSSR count). The van der Waals surface area contributed by atoms with E-state index in [1.165, 1.54) is 33.2 Å². The number of fused-ring (bicyclic) bond motifs is 1. The Bertz CT molecular complexity index is 1210. The number of nitrogens with zero attached hydrogens (tertiary/aromatic N) is 2. The van der Waals surface area contributed by atoms with Gasteiger partial charge in [-0.1, -0.05) is 72.8 Å². The molecule has 0 fully saturated rings. The van der Waals surface area contributed by atoms with E-state index in [-0.39, 0.29) is 5.91 Å². The molecule has 34 heavy (non-hydrogen) atoms. The topological polar surface area (TPSA) is 37.3 Å². The van der Waals surface area contributed by atoms with Crippen molar-refractivity contribution in [3.05, 3.63) is 107 Å². The lowest BCUT2D eigenvalue weighted by molar-refractivity contribution is -0.121. The van der Waals surface area contributed by atoms with Gasteiger partial charge in [0.05, 0.1) is 0 Å². The van der Waals surface area contributed by atoms with E-state index in [4.69, 9.17) is 0 Å². The molecule has 0 aliphatic heterocycles. The Morgan fingerprint density at radius 2 is 1.65 bits per heavy atom. The molecule has 1 heterocycles. The third-order valence-electron chi connectivity index (χ3n) is 6.43. The highest BCUT2D eigenvalue weighted by molar-refractivity contribution is 5.85. The first-order valence-corrected chi connectivity index (χ1v) is 12.2. The molecule has 4 heteroatoms. The van der Waals surface area contributed by atoms with Crippen LogP contribution in [0.4, 0.5) is 0 Å². The van der Waals surface area contributed by atoms with Crippen molar-refractivity contribution in [3.63, 3.8) is 0 Å². The summed E-state index contributed by atoms with van der Waals surface area (Å²) in [5.74, 6) is 0.126. The minimum Gasteiger partial charge on any atom is -0.356 e. The van der Waals surface area contributed by atoms with Crippen molar-refractivity contribution < 1.29 is 4.79 Å². The molecule has 4 aromatic rings. The molecule has 1 amide bonds. The number of carbonyl (C=O) groups excluding carboxylic acids is 1. The van der Waals surface area contributed by atoms with Crippen molar-refractivity contribution in [1.29, 1.82) is 0 Å². The van der Waals surface area contributed by atoms with Crippen molar-refractivity contribution in [2.45, 2.75) is 39.3 Å². The van der Waals surface area contributed by atoms with Gasteiger partial charge in [0.15, 0.2) is 0 Å². The highest BCUT2D eigenvalue weighted by atomic mass is 16.1. The number of benzene rings is 3. The fourth-order valence-corrected chi connectivity index (χ4v) is 4.51. The number of para-hydroxylation sites is 1. The maximum absolute atomic E-state index is 12.5. The average Bonchev–Trinajstić information content (AvgIpc) is 3.20. The molecule has 0 spiro atoms. The molecular weight excluding hydrogens is 418 g/mol. The Balaban J connectivity index is 1.27. The number of hydrogen-bond acceptors (Lipinski definition) is 2. The van der Waals surface area contributed by atoms with Crippen LogP contribution in [-0.4, -0.2) is 35.5 Å². The van der Waals surface area contributed by atoms with Crippen molar-refractivity contribution in [3.8, 4) is 0 Å². The zero-order chi connectivity index (χ0) is 23.8. The molecule has 0 bridgehead atoms. The molecule has 1 aromatic heterocycles. The number of rotatable bonds is 11. The lowest BCUT2D eigenvalue weighted by Gasteiger charge is -2.16. The molecule has 0 radical (unpaired) electrons. The third kappa shape index (κ3) is 6.36. The van der Waals surface area contributed by atoms with E-state index in [1.807, 2.05) is 6.07 Å². The predicted octanol–water partition coefficient (Wildman–Crippen LogP) is 5.57. The summed E-state index contributed by atoms with van der Waals surface area (Å²) < 4.78 is 2.31. The molecule has 0 saturated heterocycles. The molecule has 1 N–H and O–H groups in total. The average molecular weight is 454 g/mol. The standard InChI is InChI=1S/C30H35N3O/c1-24-11-6-7-14-26(24)22-33-23-27(28-15-8-9-16-29(28)33)17-18-30(34)31-19-10-20-32(2)21-25-12-4-3-5-13-25/h3-9,11-16,23H,10,17-22H2,1-2H3,(H,31,34). The summed E-state index contributed by atoms with van der Waals surface area (Å²) in [7, 11) is 2.13. The van der Waals surface area contributed by atoms with Gasteiger partial charge in [0.1, 0.15) is 0 Å². The zero-order valence-corrected chi connectivity index (χ0v) is 20.3. The molecule has 0 unspecified atom stereocenters. The van der Waals surface area contributed by atoms with Crippen LogP contribution in [0.3, 0.4) is 0 Å². The van der Waals surface area contributed by atoms with Crippen molar-refractivity contribution in [2.75, 3.05) is 20.1 Å². The predicted molar refractivity (Wildman–Crippen MR) is 141 cm³/mol. The number of carbonyl (C=O) groups is 1. The van der Waals surface area contributed by atoms with Crippen LogP contribution in [0.5, 0.6) is 0 Å². The van der Waals surface area contributed by atoms with Gasteiger partial charge in [-0.25, -0.2) is 0 Å². The van der Waals surface area contributed by atoms with Crippen LogP contribution < -0.4 is 5.32 Å². The molecule has 0 saturated carbocycles. The lowest BCUT2D eigenvalue weighted by atomic mass is 10.1. The SMILES string of the molecule is Cc1ccccc1Cn1cc(CCC(=O)NCCCN(C)Cc2ccccc2)c2ccccc21. The van der Waals surface area contributed by atoms with E-state index in [0.29, 0.717) is 13.0 Å². The van der Waals surface area contributed by atoms with Crippen LogP contribution in [-0.2, 0) is 24.3 Å². The number of hydrogen-bond donors (Lipinski definition) is 1. The molecule has 176 valence electrons. The van der Waals surface area contributed by atoms with Gasteiger partial charge in [-0.2, -0.15) is 0 Å². The summed E-state index contributed by atoms with van der Waals surface area (Å²) in [4.78, 5) is 14.8. The number of aromatic nitrogens is 1. The molecular formula is C30H35N3O. The van der Waals surface area contributed by atoms with Gasteiger partial charge in [-0.15, -0.1) is 0 Å². The fraction of sp³-hybridized carbons (Fsp3) is 0.300. The van der Waals surface area contributed by atoms with E-state index in [9.17, 15) is 4.79 Å². The van der Waals surface area contributed by atoms with Crippen molar-refractivity contribution >= 4 is 16.8 Å². The van der Waals surface area contributed by atoms with E-state index >= 15 is 0 Å². The normalized spacial score (nSPS) is 11.3. The van der Waals surface area contributed by atoms with E-state index in [0.717, 1.165) is 32.5 Å². The second-order valence-corrected chi connectivity index (χ2v) is 9.15. The summed E-state index contributed by atoms with van der Waals surface area (Å²) >= 11 is 0. The highest BCUT2D eigenvalue weighted by Gasteiger charge is 2.11. The summed E-state index contributed by atoms with van der Waals surface area (Å²) in [5, 5.41) is 4.34. The van der Waals surface area contributed by atoms with Gasteiger partial charge < -0.3 is 14.8 Å². The number of amides is 1. The minimum atomic E-state index is 0.126. The second kappa shape index (κ2) is 11.7. The third-order valence-corrected chi connectivity index (χ3v) is 6.43. The minimum absolute atomic E-state index is 0.126. The molecule has 3 aromatic carbocycles. The van der Waals surface area contributed by atoms with Gasteiger partial charge in [0, 0.05) is 43.2 Å². The first-order valence-electron chi connectivity index (χ1n) is 12.2. The van der Waals surface area contributed by atoms with Gasteiger partial charge in [0.2, 0.25) is 5.91 Å². The van der Waals surface area contributed by atoms with E-state index in [1.54, 1.807) is 0 Å². The summed E-state index contributed by atoms with van der Waals surface area (Å²) in [6.45, 7) is 5.61. The molecule has 4 nitrogen and oxygen atoms in total. The monoisotopic (exact) mass is 453 g/mol. The number of aryl methyl sites for hydroxylation is 2. The highest BCUT2D eigenvalue weighted by Crippen LogP contribution is 2.24. The summed E-state index contributed by atoms with van der Waals surface area (Å²) in [6.07, 6.45) is 4.44. The zero-order valence-electron chi connectivity index (χ0n) is 20.3. The lowest BCUT2D eigenvalue weighted by Crippen LogP contribution is -2.28. The van der Waals surface area contributed by atoms with E-state index < -0.39 is 0 Å². The summed E-state index contributed by atoms with van der Waals surface area (Å²) in [6, 6.07) is 27.5. The molecule has 0 aliphatic carbocycles. The molecule has 0 aliphatic rings. The van der Waals surface area contributed by atoms with Crippen LogP contribution in [0.1, 0.15) is 35.1 Å². The van der Waals surface area contributed by atoms with Gasteiger partial charge in [-0.3, -0.25) is 4.79 Å². The van der Waals surface area contributed by atoms with Crippen LogP contribution in [0.15, 0.2) is 85.1 Å². The quantitative estimate of drug-likeness (QED) is 0.302. The first kappa shape index (κ1) is 23.8. The Labute approximate surface area is 203 Å². The first-order chi connectivity index (χ1) is 16.6.